The Bertz CT molecular complexity index is 326. The van der Waals surface area contributed by atoms with Crippen molar-refractivity contribution in [2.24, 2.45) is 0 Å². The third kappa shape index (κ3) is 1.76. The third-order valence-corrected chi connectivity index (χ3v) is 2.54. The predicted molar refractivity (Wildman–Crippen MR) is 51.8 cm³/mol. The van der Waals surface area contributed by atoms with Crippen LogP contribution >= 0.6 is 0 Å². The first kappa shape index (κ1) is 9.19. The van der Waals surface area contributed by atoms with Gasteiger partial charge >= 0.3 is 0 Å². The lowest BCUT2D eigenvalue weighted by Gasteiger charge is -2.09. The molecular formula is C11H12FNO. The van der Waals surface area contributed by atoms with Crippen LogP contribution in [-0.2, 0) is 17.6 Å². The van der Waals surface area contributed by atoms with E-state index >= 15 is 0 Å². The molecule has 0 fully saturated rings. The van der Waals surface area contributed by atoms with E-state index < -0.39 is 12.6 Å². The molecule has 0 heterocycles. The Morgan fingerprint density at radius 1 is 1.36 bits per heavy atom. The lowest BCUT2D eigenvalue weighted by Crippen LogP contribution is -2.36. The van der Waals surface area contributed by atoms with Crippen molar-refractivity contribution >= 4 is 5.91 Å². The molecule has 1 N–H and O–H groups in total. The van der Waals surface area contributed by atoms with Crippen LogP contribution in [0.3, 0.4) is 0 Å². The van der Waals surface area contributed by atoms with Crippen molar-refractivity contribution in [1.82, 2.24) is 5.32 Å². The van der Waals surface area contributed by atoms with Gasteiger partial charge in [-0.05, 0) is 24.0 Å². The standard InChI is InChI=1S/C11H12FNO/c12-7-11(14)13-10-5-8-3-1-2-4-9(8)6-10/h1-4,10H,5-7H2,(H,13,14). The summed E-state index contributed by atoms with van der Waals surface area (Å²) in [6.07, 6.45) is 1.64. The molecule has 14 heavy (non-hydrogen) atoms. The summed E-state index contributed by atoms with van der Waals surface area (Å²) in [5.41, 5.74) is 2.52. The molecule has 0 unspecified atom stereocenters. The Kier molecular flexibility index (Phi) is 2.48. The maximum atomic E-state index is 12.0. The molecule has 3 heteroatoms. The molecule has 0 aromatic heterocycles. The number of alkyl halides is 1. The second-order valence-electron chi connectivity index (χ2n) is 3.58. The van der Waals surface area contributed by atoms with E-state index in [1.165, 1.54) is 11.1 Å². The largest absolute Gasteiger partial charge is 0.350 e. The quantitative estimate of drug-likeness (QED) is 0.752. The first-order chi connectivity index (χ1) is 6.79. The Hall–Kier alpha value is -1.38. The van der Waals surface area contributed by atoms with Crippen LogP contribution in [0.1, 0.15) is 11.1 Å². The van der Waals surface area contributed by atoms with Crippen LogP contribution in [0, 0.1) is 0 Å². The highest BCUT2D eigenvalue weighted by Gasteiger charge is 2.21. The Morgan fingerprint density at radius 3 is 2.43 bits per heavy atom. The number of halogens is 1. The third-order valence-electron chi connectivity index (χ3n) is 2.54. The smallest absolute Gasteiger partial charge is 0.251 e. The molecular weight excluding hydrogens is 181 g/mol. The van der Waals surface area contributed by atoms with Gasteiger partial charge in [0.05, 0.1) is 0 Å². The summed E-state index contributed by atoms with van der Waals surface area (Å²) in [6, 6.07) is 8.15. The zero-order chi connectivity index (χ0) is 9.97. The van der Waals surface area contributed by atoms with Crippen LogP contribution in [0.4, 0.5) is 4.39 Å². The molecule has 0 atom stereocenters. The molecule has 1 amide bonds. The minimum atomic E-state index is -0.924. The van der Waals surface area contributed by atoms with Gasteiger partial charge in [0, 0.05) is 6.04 Å². The maximum Gasteiger partial charge on any atom is 0.251 e. The molecule has 1 aliphatic carbocycles. The summed E-state index contributed by atoms with van der Waals surface area (Å²) in [6.45, 7) is -0.924. The van der Waals surface area contributed by atoms with E-state index in [1.807, 2.05) is 12.1 Å². The summed E-state index contributed by atoms with van der Waals surface area (Å²) in [5, 5.41) is 2.66. The topological polar surface area (TPSA) is 29.1 Å². The van der Waals surface area contributed by atoms with Crippen molar-refractivity contribution < 1.29 is 9.18 Å². The van der Waals surface area contributed by atoms with E-state index in [0.29, 0.717) is 0 Å². The fourth-order valence-corrected chi connectivity index (χ4v) is 1.93. The van der Waals surface area contributed by atoms with Gasteiger partial charge in [-0.15, -0.1) is 0 Å². The van der Waals surface area contributed by atoms with Crippen molar-refractivity contribution in [3.8, 4) is 0 Å². The Morgan fingerprint density at radius 2 is 1.93 bits per heavy atom. The van der Waals surface area contributed by atoms with E-state index in [0.717, 1.165) is 12.8 Å². The minimum Gasteiger partial charge on any atom is -0.350 e. The average Bonchev–Trinajstić information content (AvgIpc) is 2.59. The fourth-order valence-electron chi connectivity index (χ4n) is 1.93. The molecule has 0 aliphatic heterocycles. The minimum absolute atomic E-state index is 0.0793. The summed E-state index contributed by atoms with van der Waals surface area (Å²) < 4.78 is 12.0. The number of amides is 1. The van der Waals surface area contributed by atoms with E-state index in [2.05, 4.69) is 17.4 Å². The van der Waals surface area contributed by atoms with Crippen LogP contribution in [0.15, 0.2) is 24.3 Å². The number of carbonyl (C=O) groups is 1. The summed E-state index contributed by atoms with van der Waals surface area (Å²) >= 11 is 0. The van der Waals surface area contributed by atoms with Gasteiger partial charge in [0.1, 0.15) is 0 Å². The molecule has 0 spiro atoms. The average molecular weight is 193 g/mol. The van der Waals surface area contributed by atoms with Crippen LogP contribution < -0.4 is 5.32 Å². The number of fused-ring (bicyclic) bond motifs is 1. The van der Waals surface area contributed by atoms with Crippen LogP contribution in [0.5, 0.6) is 0 Å². The lowest BCUT2D eigenvalue weighted by atomic mass is 10.1. The highest BCUT2D eigenvalue weighted by atomic mass is 19.1. The number of nitrogens with one attached hydrogen (secondary N) is 1. The normalized spacial score (nSPS) is 15.2. The first-order valence-electron chi connectivity index (χ1n) is 4.71. The molecule has 1 aromatic rings. The number of hydrogen-bond acceptors (Lipinski definition) is 1. The van der Waals surface area contributed by atoms with Gasteiger partial charge in [-0.2, -0.15) is 0 Å². The molecule has 1 aromatic carbocycles. The van der Waals surface area contributed by atoms with Crippen molar-refractivity contribution in [3.05, 3.63) is 35.4 Å². The summed E-state index contributed by atoms with van der Waals surface area (Å²) in [5.74, 6) is -0.511. The number of benzene rings is 1. The SMILES string of the molecule is O=C(CF)NC1Cc2ccccc2C1. The molecule has 2 rings (SSSR count). The molecule has 2 nitrogen and oxygen atoms in total. The summed E-state index contributed by atoms with van der Waals surface area (Å²) in [7, 11) is 0. The van der Waals surface area contributed by atoms with Crippen LogP contribution in [0.25, 0.3) is 0 Å². The fraction of sp³-hybridized carbons (Fsp3) is 0.364. The molecule has 0 saturated carbocycles. The zero-order valence-corrected chi connectivity index (χ0v) is 7.79. The second-order valence-corrected chi connectivity index (χ2v) is 3.58. The molecule has 0 saturated heterocycles. The van der Waals surface area contributed by atoms with Crippen molar-refractivity contribution in [1.29, 1.82) is 0 Å². The first-order valence-corrected chi connectivity index (χ1v) is 4.71. The van der Waals surface area contributed by atoms with Gasteiger partial charge in [0.25, 0.3) is 5.91 Å². The van der Waals surface area contributed by atoms with E-state index in [1.54, 1.807) is 0 Å². The van der Waals surface area contributed by atoms with E-state index in [4.69, 9.17) is 0 Å². The molecule has 0 radical (unpaired) electrons. The van der Waals surface area contributed by atoms with Crippen molar-refractivity contribution in [2.45, 2.75) is 18.9 Å². The Labute approximate surface area is 82.1 Å². The van der Waals surface area contributed by atoms with Crippen molar-refractivity contribution in [3.63, 3.8) is 0 Å². The van der Waals surface area contributed by atoms with Gasteiger partial charge in [-0.3, -0.25) is 4.79 Å². The van der Waals surface area contributed by atoms with E-state index in [9.17, 15) is 9.18 Å². The second kappa shape index (κ2) is 3.78. The van der Waals surface area contributed by atoms with Crippen LogP contribution in [0.2, 0.25) is 0 Å². The van der Waals surface area contributed by atoms with Gasteiger partial charge in [0.15, 0.2) is 6.67 Å². The highest BCUT2D eigenvalue weighted by Crippen LogP contribution is 2.21. The molecule has 0 bridgehead atoms. The predicted octanol–water partition coefficient (Wildman–Crippen LogP) is 1.24. The van der Waals surface area contributed by atoms with Crippen molar-refractivity contribution in [2.75, 3.05) is 6.67 Å². The highest BCUT2D eigenvalue weighted by molar-refractivity contribution is 5.77. The van der Waals surface area contributed by atoms with Gasteiger partial charge in [0.2, 0.25) is 0 Å². The monoisotopic (exact) mass is 193 g/mol. The summed E-state index contributed by atoms with van der Waals surface area (Å²) in [4.78, 5) is 10.8. The van der Waals surface area contributed by atoms with E-state index in [-0.39, 0.29) is 6.04 Å². The maximum absolute atomic E-state index is 12.0. The van der Waals surface area contributed by atoms with Gasteiger partial charge in [-0.1, -0.05) is 24.3 Å². The molecule has 1 aliphatic rings. The molecule has 74 valence electrons. The van der Waals surface area contributed by atoms with Crippen LogP contribution in [-0.4, -0.2) is 18.6 Å². The Balaban J connectivity index is 2.01. The lowest BCUT2D eigenvalue weighted by molar-refractivity contribution is -0.122. The van der Waals surface area contributed by atoms with Gasteiger partial charge < -0.3 is 5.32 Å². The number of rotatable bonds is 2. The number of hydrogen-bond donors (Lipinski definition) is 1. The number of carbonyl (C=O) groups excluding carboxylic acids is 1. The zero-order valence-electron chi connectivity index (χ0n) is 7.79. The van der Waals surface area contributed by atoms with Gasteiger partial charge in [-0.25, -0.2) is 4.39 Å².